The van der Waals surface area contributed by atoms with Crippen molar-refractivity contribution in [1.29, 1.82) is 0 Å². The smallest absolute Gasteiger partial charge is 0.311 e. The van der Waals surface area contributed by atoms with Crippen molar-refractivity contribution < 1.29 is 34.2 Å². The molecule has 252 valence electrons. The van der Waals surface area contributed by atoms with Gasteiger partial charge in [-0.15, -0.1) is 0 Å². The molecule has 0 spiro atoms. The van der Waals surface area contributed by atoms with Crippen LogP contribution in [0.1, 0.15) is 156 Å². The molecule has 7 nitrogen and oxygen atoms in total. The lowest BCUT2D eigenvalue weighted by Crippen LogP contribution is -2.57. The number of rotatable bonds is 31. The number of allylic oxidation sites excluding steroid dienone is 2. The first-order valence-corrected chi connectivity index (χ1v) is 17.7. The first-order chi connectivity index (χ1) is 20.5. The van der Waals surface area contributed by atoms with Crippen molar-refractivity contribution in [3.05, 3.63) is 12.2 Å². The molecule has 0 radical (unpaired) electrons. The van der Waals surface area contributed by atoms with Gasteiger partial charge in [0.15, 0.2) is 0 Å². The van der Waals surface area contributed by atoms with E-state index in [0.717, 1.165) is 19.3 Å². The highest BCUT2D eigenvalue weighted by atomic mass is 16.4. The topological polar surface area (TPSA) is 112 Å². The summed E-state index contributed by atoms with van der Waals surface area (Å²) in [4.78, 5) is 34.9. The van der Waals surface area contributed by atoms with Crippen LogP contribution in [0.3, 0.4) is 0 Å². The molecule has 0 saturated heterocycles. The van der Waals surface area contributed by atoms with Gasteiger partial charge < -0.3 is 19.8 Å². The first-order valence-electron chi connectivity index (χ1n) is 17.7. The molecule has 3 N–H and O–H groups in total. The molecule has 0 aliphatic rings. The van der Waals surface area contributed by atoms with Gasteiger partial charge in [-0.3, -0.25) is 14.4 Å². The van der Waals surface area contributed by atoms with Gasteiger partial charge in [-0.1, -0.05) is 109 Å². The molecule has 0 aromatic rings. The van der Waals surface area contributed by atoms with Gasteiger partial charge in [-0.05, 0) is 59.3 Å². The average molecular weight is 611 g/mol. The zero-order valence-electron chi connectivity index (χ0n) is 28.4. The van der Waals surface area contributed by atoms with E-state index in [1.54, 1.807) is 20.8 Å². The van der Waals surface area contributed by atoms with Crippen LogP contribution >= 0.6 is 0 Å². The third-order valence-electron chi connectivity index (χ3n) is 8.89. The predicted octanol–water partition coefficient (Wildman–Crippen LogP) is 9.34. The molecule has 0 aliphatic heterocycles. The molecule has 0 amide bonds. The summed E-state index contributed by atoms with van der Waals surface area (Å²) in [5.41, 5.74) is 0. The van der Waals surface area contributed by atoms with E-state index in [2.05, 4.69) is 19.1 Å². The van der Waals surface area contributed by atoms with E-state index in [0.29, 0.717) is 6.54 Å². The summed E-state index contributed by atoms with van der Waals surface area (Å²) in [5.74, 6) is -4.80. The molecule has 0 aromatic carbocycles. The Bertz CT molecular complexity index is 697. The van der Waals surface area contributed by atoms with Crippen LogP contribution in [0.15, 0.2) is 12.2 Å². The Morgan fingerprint density at radius 2 is 0.767 bits per heavy atom. The van der Waals surface area contributed by atoms with Crippen molar-refractivity contribution in [1.82, 2.24) is 0 Å². The molecule has 0 bridgehead atoms. The Labute approximate surface area is 264 Å². The molecule has 0 aliphatic carbocycles. The summed E-state index contributed by atoms with van der Waals surface area (Å²) < 4.78 is 0.225. The Balaban J connectivity index is 4.16. The summed E-state index contributed by atoms with van der Waals surface area (Å²) in [7, 11) is 0. The number of carboxylic acid groups (broad SMARTS) is 3. The lowest BCUT2D eigenvalue weighted by molar-refractivity contribution is -0.934. The lowest BCUT2D eigenvalue weighted by Gasteiger charge is -2.42. The first kappa shape index (κ1) is 41.1. The van der Waals surface area contributed by atoms with Crippen molar-refractivity contribution in [2.75, 3.05) is 26.2 Å². The van der Waals surface area contributed by atoms with Gasteiger partial charge in [-0.25, -0.2) is 0 Å². The van der Waals surface area contributed by atoms with Crippen LogP contribution in [0.4, 0.5) is 0 Å². The second-order valence-electron chi connectivity index (χ2n) is 13.4. The summed E-state index contributed by atoms with van der Waals surface area (Å²) in [6.45, 7) is 8.51. The Morgan fingerprint density at radius 1 is 0.488 bits per heavy atom. The van der Waals surface area contributed by atoms with Crippen molar-refractivity contribution in [2.24, 2.45) is 17.8 Å². The molecule has 0 rings (SSSR count). The monoisotopic (exact) mass is 611 g/mol. The minimum atomic E-state index is -0.931. The van der Waals surface area contributed by atoms with E-state index in [-0.39, 0.29) is 24.1 Å². The van der Waals surface area contributed by atoms with E-state index in [1.165, 1.54) is 109 Å². The van der Waals surface area contributed by atoms with Crippen LogP contribution < -0.4 is 0 Å². The largest absolute Gasteiger partial charge is 0.481 e. The minimum absolute atomic E-state index is 0.225. The Morgan fingerprint density at radius 3 is 1.07 bits per heavy atom. The van der Waals surface area contributed by atoms with E-state index in [1.807, 2.05) is 0 Å². The molecule has 3 atom stereocenters. The fraction of sp³-hybridized carbons (Fsp3) is 0.861. The van der Waals surface area contributed by atoms with Crippen LogP contribution in [0.5, 0.6) is 0 Å². The summed E-state index contributed by atoms with van der Waals surface area (Å²) >= 11 is 0. The van der Waals surface area contributed by atoms with E-state index in [9.17, 15) is 29.7 Å². The molecule has 3 unspecified atom stereocenters. The highest BCUT2D eigenvalue weighted by Crippen LogP contribution is 2.22. The van der Waals surface area contributed by atoms with Gasteiger partial charge in [-0.2, -0.15) is 0 Å². The maximum atomic E-state index is 11.6. The standard InChI is InChI=1S/C36H67NO6/c1-5-6-7-8-9-10-11-12-13-14-15-16-17-18-19-20-21-22-23-24-25-26-27-37(28-31(2)34(38)39,29-32(3)35(40)41)30-33(4)36(42)43/h14-15,31-33H,5-13,16-30H2,1-4H3,(H2-,38,39,40,41,42,43)/p+1/b15-14+. The molecular formula is C36H68NO6+. The van der Waals surface area contributed by atoms with Crippen molar-refractivity contribution >= 4 is 17.9 Å². The third-order valence-corrected chi connectivity index (χ3v) is 8.89. The van der Waals surface area contributed by atoms with Crippen LogP contribution in [0.25, 0.3) is 0 Å². The molecule has 7 heteroatoms. The van der Waals surface area contributed by atoms with Crippen molar-refractivity contribution in [3.63, 3.8) is 0 Å². The van der Waals surface area contributed by atoms with Crippen LogP contribution in [-0.2, 0) is 14.4 Å². The van der Waals surface area contributed by atoms with Gasteiger partial charge in [0.2, 0.25) is 0 Å². The molecule has 0 fully saturated rings. The third kappa shape index (κ3) is 23.2. The molecular weight excluding hydrogens is 542 g/mol. The van der Waals surface area contributed by atoms with Gasteiger partial charge >= 0.3 is 17.9 Å². The number of carboxylic acids is 3. The number of quaternary nitrogens is 1. The number of hydrogen-bond donors (Lipinski definition) is 3. The van der Waals surface area contributed by atoms with Gasteiger partial charge in [0.25, 0.3) is 0 Å². The number of hydrogen-bond acceptors (Lipinski definition) is 3. The fourth-order valence-electron chi connectivity index (χ4n) is 6.23. The fourth-order valence-corrected chi connectivity index (χ4v) is 6.23. The number of unbranched alkanes of at least 4 members (excludes halogenated alkanes) is 18. The highest BCUT2D eigenvalue weighted by molar-refractivity contribution is 5.70. The SMILES string of the molecule is CCCCCCCCCC/C=C/CCCCCCCCCCCC[N+](CC(C)C(=O)O)(CC(C)C(=O)O)CC(C)C(=O)O. The van der Waals surface area contributed by atoms with Crippen LogP contribution in [0, 0.1) is 17.8 Å². The second-order valence-corrected chi connectivity index (χ2v) is 13.4. The van der Waals surface area contributed by atoms with Crippen molar-refractivity contribution in [3.8, 4) is 0 Å². The minimum Gasteiger partial charge on any atom is -0.481 e. The van der Waals surface area contributed by atoms with Crippen molar-refractivity contribution in [2.45, 2.75) is 156 Å². The van der Waals surface area contributed by atoms with Gasteiger partial charge in [0, 0.05) is 0 Å². The normalized spacial score (nSPS) is 15.3. The summed E-state index contributed by atoms with van der Waals surface area (Å²) in [6.07, 6.45) is 30.0. The highest BCUT2D eigenvalue weighted by Gasteiger charge is 2.38. The maximum absolute atomic E-state index is 11.6. The number of nitrogens with zero attached hydrogens (tertiary/aromatic N) is 1. The Kier molecular flexibility index (Phi) is 25.3. The maximum Gasteiger partial charge on any atom is 0.311 e. The summed E-state index contributed by atoms with van der Waals surface area (Å²) in [5, 5.41) is 28.6. The summed E-state index contributed by atoms with van der Waals surface area (Å²) in [6, 6.07) is 0. The molecule has 0 saturated carbocycles. The quantitative estimate of drug-likeness (QED) is 0.0410. The second kappa shape index (κ2) is 26.5. The average Bonchev–Trinajstić information content (AvgIpc) is 2.95. The lowest BCUT2D eigenvalue weighted by atomic mass is 10.00. The predicted molar refractivity (Wildman–Crippen MR) is 177 cm³/mol. The molecule has 0 heterocycles. The van der Waals surface area contributed by atoms with Crippen LogP contribution in [-0.4, -0.2) is 63.9 Å². The zero-order valence-corrected chi connectivity index (χ0v) is 28.4. The zero-order chi connectivity index (χ0) is 32.3. The van der Waals surface area contributed by atoms with E-state index >= 15 is 0 Å². The number of carbonyl (C=O) groups is 3. The van der Waals surface area contributed by atoms with Crippen LogP contribution in [0.2, 0.25) is 0 Å². The van der Waals surface area contributed by atoms with E-state index < -0.39 is 35.7 Å². The van der Waals surface area contributed by atoms with E-state index in [4.69, 9.17) is 0 Å². The number of aliphatic carboxylic acids is 3. The Hall–Kier alpha value is -1.89. The van der Waals surface area contributed by atoms with Gasteiger partial charge in [0.05, 0.1) is 26.2 Å². The molecule has 43 heavy (non-hydrogen) atoms. The molecule has 0 aromatic heterocycles. The van der Waals surface area contributed by atoms with Gasteiger partial charge in [0.1, 0.15) is 17.8 Å².